The number of aromatic amines is 1. The molecule has 0 saturated carbocycles. The highest BCUT2D eigenvalue weighted by molar-refractivity contribution is 6.07. The molecule has 0 fully saturated rings. The molecule has 29 heavy (non-hydrogen) atoms. The van der Waals surface area contributed by atoms with Crippen LogP contribution in [0.2, 0.25) is 0 Å². The van der Waals surface area contributed by atoms with Crippen molar-refractivity contribution in [2.45, 2.75) is 13.5 Å². The molecule has 0 saturated heterocycles. The quantitative estimate of drug-likeness (QED) is 0.503. The first-order valence-electron chi connectivity index (χ1n) is 8.59. The number of hydrogen-bond donors (Lipinski definition) is 4. The number of nitrogen functional groups attached to an aromatic ring is 1. The molecule has 1 heterocycles. The van der Waals surface area contributed by atoms with Gasteiger partial charge in [-0.05, 0) is 29.7 Å². The summed E-state index contributed by atoms with van der Waals surface area (Å²) in [5.74, 6) is -3.01. The van der Waals surface area contributed by atoms with Crippen molar-refractivity contribution < 1.29 is 24.5 Å². The summed E-state index contributed by atoms with van der Waals surface area (Å²) >= 11 is 0. The second-order valence-electron chi connectivity index (χ2n) is 6.36. The highest BCUT2D eigenvalue weighted by Gasteiger charge is 2.26. The summed E-state index contributed by atoms with van der Waals surface area (Å²) < 4.78 is 5.83. The molecule has 148 valence electrons. The van der Waals surface area contributed by atoms with Crippen LogP contribution in [0.25, 0.3) is 11.1 Å². The van der Waals surface area contributed by atoms with Gasteiger partial charge in [0.05, 0.1) is 0 Å². The van der Waals surface area contributed by atoms with Gasteiger partial charge in [-0.1, -0.05) is 42.5 Å². The zero-order valence-corrected chi connectivity index (χ0v) is 15.4. The molecule has 3 rings (SSSR count). The molecule has 0 aliphatic rings. The minimum absolute atomic E-state index is 0.200. The summed E-state index contributed by atoms with van der Waals surface area (Å²) in [6.07, 6.45) is 0. The Kier molecular flexibility index (Phi) is 5.36. The fraction of sp³-hybridized carbons (Fsp3) is 0.0952. The van der Waals surface area contributed by atoms with Gasteiger partial charge in [0.25, 0.3) is 5.56 Å². The highest BCUT2D eigenvalue weighted by atomic mass is 16.5. The monoisotopic (exact) mass is 394 g/mol. The summed E-state index contributed by atoms with van der Waals surface area (Å²) in [5, 5.41) is 19.1. The van der Waals surface area contributed by atoms with E-state index in [0.29, 0.717) is 5.75 Å². The highest BCUT2D eigenvalue weighted by Crippen LogP contribution is 2.33. The molecule has 0 atom stereocenters. The van der Waals surface area contributed by atoms with Crippen LogP contribution < -0.4 is 16.0 Å². The van der Waals surface area contributed by atoms with Crippen molar-refractivity contribution in [2.75, 3.05) is 5.73 Å². The van der Waals surface area contributed by atoms with Gasteiger partial charge in [-0.15, -0.1) is 0 Å². The van der Waals surface area contributed by atoms with Crippen LogP contribution >= 0.6 is 0 Å². The number of carboxylic acid groups (broad SMARTS) is 2. The maximum Gasteiger partial charge on any atom is 0.342 e. The lowest BCUT2D eigenvalue weighted by Gasteiger charge is -2.15. The van der Waals surface area contributed by atoms with E-state index in [-0.39, 0.29) is 17.7 Å². The first kappa shape index (κ1) is 19.7. The third kappa shape index (κ3) is 3.96. The molecule has 5 N–H and O–H groups in total. The number of nitrogens with two attached hydrogens (primary N) is 1. The number of anilines is 1. The van der Waals surface area contributed by atoms with E-state index in [1.54, 1.807) is 13.0 Å². The summed E-state index contributed by atoms with van der Waals surface area (Å²) in [4.78, 5) is 37.7. The zero-order valence-electron chi connectivity index (χ0n) is 15.4. The third-order valence-electron chi connectivity index (χ3n) is 4.39. The van der Waals surface area contributed by atoms with Gasteiger partial charge in [0.1, 0.15) is 29.3 Å². The van der Waals surface area contributed by atoms with E-state index >= 15 is 0 Å². The summed E-state index contributed by atoms with van der Waals surface area (Å²) in [6.45, 7) is 2.06. The van der Waals surface area contributed by atoms with Crippen LogP contribution in [0.5, 0.6) is 5.75 Å². The smallest absolute Gasteiger partial charge is 0.342 e. The van der Waals surface area contributed by atoms with E-state index in [9.17, 15) is 24.6 Å². The van der Waals surface area contributed by atoms with Crippen LogP contribution in [0.4, 0.5) is 5.82 Å². The van der Waals surface area contributed by atoms with Crippen molar-refractivity contribution in [3.63, 3.8) is 0 Å². The van der Waals surface area contributed by atoms with E-state index in [1.807, 2.05) is 30.3 Å². The van der Waals surface area contributed by atoms with Crippen LogP contribution in [0.1, 0.15) is 31.8 Å². The molecule has 0 unspecified atom stereocenters. The fourth-order valence-electron chi connectivity index (χ4n) is 2.98. The molecule has 8 nitrogen and oxygen atoms in total. The van der Waals surface area contributed by atoms with Crippen molar-refractivity contribution in [3.8, 4) is 16.9 Å². The van der Waals surface area contributed by atoms with Crippen LogP contribution in [-0.4, -0.2) is 27.1 Å². The van der Waals surface area contributed by atoms with Gasteiger partial charge in [0.2, 0.25) is 0 Å². The van der Waals surface area contributed by atoms with Gasteiger partial charge < -0.3 is 25.7 Å². The Labute approximate surface area is 165 Å². The van der Waals surface area contributed by atoms with Crippen LogP contribution in [0.3, 0.4) is 0 Å². The number of carbonyl (C=O) groups is 2. The number of rotatable bonds is 6. The standard InChI is InChI=1S/C21H18N2O6/c1-11-7-8-13(9-14(11)29-10-12-5-3-2-4-6-12)15-16(20(25)26)18(22)23-19(24)17(15)21(27)28/h2-9H,10H2,1H3,(H,25,26)(H,27,28)(H3,22,23,24). The summed E-state index contributed by atoms with van der Waals surface area (Å²) in [6, 6.07) is 14.1. The number of benzene rings is 2. The normalized spacial score (nSPS) is 10.5. The fourth-order valence-corrected chi connectivity index (χ4v) is 2.98. The molecule has 0 amide bonds. The Hall–Kier alpha value is -4.07. The zero-order chi connectivity index (χ0) is 21.1. The molecule has 0 aliphatic carbocycles. The topological polar surface area (TPSA) is 143 Å². The number of nitrogens with one attached hydrogen (secondary N) is 1. The van der Waals surface area contributed by atoms with Gasteiger partial charge >= 0.3 is 11.9 Å². The number of pyridine rings is 1. The number of aryl methyl sites for hydroxylation is 1. The maximum atomic E-state index is 12.2. The minimum atomic E-state index is -1.56. The first-order chi connectivity index (χ1) is 13.8. The SMILES string of the molecule is Cc1ccc(-c2c(C(=O)O)c(N)[nH]c(=O)c2C(=O)O)cc1OCc1ccccc1. The van der Waals surface area contributed by atoms with Crippen molar-refractivity contribution in [3.05, 3.63) is 81.1 Å². The van der Waals surface area contributed by atoms with Gasteiger partial charge in [-0.2, -0.15) is 0 Å². The number of carboxylic acids is 2. The Morgan fingerprint density at radius 2 is 1.69 bits per heavy atom. The molecule has 0 bridgehead atoms. The van der Waals surface area contributed by atoms with E-state index in [4.69, 9.17) is 10.5 Å². The summed E-state index contributed by atoms with van der Waals surface area (Å²) in [5.41, 5.74) is 5.12. The molecule has 8 heteroatoms. The molecular formula is C21H18N2O6. The largest absolute Gasteiger partial charge is 0.489 e. The van der Waals surface area contributed by atoms with E-state index in [1.165, 1.54) is 12.1 Å². The van der Waals surface area contributed by atoms with Crippen molar-refractivity contribution in [2.24, 2.45) is 0 Å². The second kappa shape index (κ2) is 7.89. The lowest BCUT2D eigenvalue weighted by molar-refractivity contribution is 0.0695. The minimum Gasteiger partial charge on any atom is -0.489 e. The average Bonchev–Trinajstić information content (AvgIpc) is 2.67. The third-order valence-corrected chi connectivity index (χ3v) is 4.39. The second-order valence-corrected chi connectivity index (χ2v) is 6.36. The molecule has 3 aromatic rings. The van der Waals surface area contributed by atoms with E-state index in [0.717, 1.165) is 11.1 Å². The van der Waals surface area contributed by atoms with Gasteiger partial charge in [0, 0.05) is 5.56 Å². The Bertz CT molecular complexity index is 1150. The van der Waals surface area contributed by atoms with Crippen LogP contribution in [0.15, 0.2) is 53.3 Å². The Morgan fingerprint density at radius 3 is 2.31 bits per heavy atom. The van der Waals surface area contributed by atoms with Crippen molar-refractivity contribution in [1.29, 1.82) is 0 Å². The van der Waals surface area contributed by atoms with Crippen LogP contribution in [-0.2, 0) is 6.61 Å². The molecule has 0 spiro atoms. The van der Waals surface area contributed by atoms with Crippen molar-refractivity contribution >= 4 is 17.8 Å². The Morgan fingerprint density at radius 1 is 1.03 bits per heavy atom. The maximum absolute atomic E-state index is 12.2. The Balaban J connectivity index is 2.15. The lowest BCUT2D eigenvalue weighted by Crippen LogP contribution is -2.24. The number of aromatic carboxylic acids is 2. The lowest BCUT2D eigenvalue weighted by atomic mass is 9.94. The van der Waals surface area contributed by atoms with E-state index in [2.05, 4.69) is 4.98 Å². The predicted molar refractivity (Wildman–Crippen MR) is 106 cm³/mol. The number of hydrogen-bond acceptors (Lipinski definition) is 5. The van der Waals surface area contributed by atoms with Gasteiger partial charge in [-0.3, -0.25) is 4.79 Å². The van der Waals surface area contributed by atoms with Crippen LogP contribution in [0, 0.1) is 6.92 Å². The van der Waals surface area contributed by atoms with Gasteiger partial charge in [-0.25, -0.2) is 9.59 Å². The predicted octanol–water partition coefficient (Wildman–Crippen LogP) is 2.91. The number of ether oxygens (including phenoxy) is 1. The summed E-state index contributed by atoms with van der Waals surface area (Å²) in [7, 11) is 0. The number of aromatic nitrogens is 1. The van der Waals surface area contributed by atoms with E-state index < -0.39 is 34.4 Å². The first-order valence-corrected chi connectivity index (χ1v) is 8.59. The molecular weight excluding hydrogens is 376 g/mol. The molecule has 0 aliphatic heterocycles. The number of H-pyrrole nitrogens is 1. The molecule has 2 aromatic carbocycles. The average molecular weight is 394 g/mol. The molecule has 0 radical (unpaired) electrons. The van der Waals surface area contributed by atoms with Gasteiger partial charge in [0.15, 0.2) is 0 Å². The van der Waals surface area contributed by atoms with Crippen molar-refractivity contribution in [1.82, 2.24) is 4.98 Å². The molecule has 1 aromatic heterocycles.